The summed E-state index contributed by atoms with van der Waals surface area (Å²) in [7, 11) is -1.36. The highest BCUT2D eigenvalue weighted by Crippen LogP contribution is 2.49. The lowest BCUT2D eigenvalue weighted by Crippen LogP contribution is -2.53. The zero-order valence-electron chi connectivity index (χ0n) is 12.8. The van der Waals surface area contributed by atoms with Crippen LogP contribution in [-0.2, 0) is 4.79 Å². The number of nitrogens with two attached hydrogens (primary N) is 2. The van der Waals surface area contributed by atoms with Gasteiger partial charge in [0.15, 0.2) is 0 Å². The number of nitrogens with zero attached hydrogens (tertiary/aromatic N) is 1. The Morgan fingerprint density at radius 3 is 2.64 bits per heavy atom. The first-order valence-electron chi connectivity index (χ1n) is 7.80. The molecule has 22 heavy (non-hydrogen) atoms. The molecule has 2 rings (SSSR count). The molecule has 4 atom stereocenters. The smallest absolute Gasteiger partial charge is 0.451 e. The number of fused-ring (bicyclic) bond motifs is 1. The highest BCUT2D eigenvalue weighted by Gasteiger charge is 2.57. The van der Waals surface area contributed by atoms with Gasteiger partial charge in [-0.05, 0) is 36.9 Å². The summed E-state index contributed by atoms with van der Waals surface area (Å²) < 4.78 is 0. The Morgan fingerprint density at radius 2 is 2.09 bits per heavy atom. The summed E-state index contributed by atoms with van der Waals surface area (Å²) in [6, 6.07) is 0. The molecule has 7 nitrogen and oxygen atoms in total. The first-order chi connectivity index (χ1) is 10.3. The second-order valence-electron chi connectivity index (χ2n) is 6.67. The second kappa shape index (κ2) is 6.58. The van der Waals surface area contributed by atoms with Gasteiger partial charge in [-0.3, -0.25) is 4.79 Å². The van der Waals surface area contributed by atoms with E-state index in [1.54, 1.807) is 0 Å². The summed E-state index contributed by atoms with van der Waals surface area (Å²) in [5.41, 5.74) is 11.5. The molecule has 0 aromatic rings. The van der Waals surface area contributed by atoms with Gasteiger partial charge in [-0.25, -0.2) is 0 Å². The molecule has 1 aliphatic heterocycles. The molecule has 0 spiro atoms. The van der Waals surface area contributed by atoms with Gasteiger partial charge in [-0.1, -0.05) is 13.0 Å². The Labute approximate surface area is 131 Å². The SMILES string of the molecule is C=C(CN)N1C[C@@H]2C[C@@](N)(C(=O)O)[C@@H](CCCB(O)O)[C@@H]2C1. The molecule has 0 aromatic carbocycles. The van der Waals surface area contributed by atoms with Crippen LogP contribution in [-0.4, -0.2) is 58.3 Å². The zero-order chi connectivity index (χ0) is 16.5. The highest BCUT2D eigenvalue weighted by atomic mass is 16.4. The fraction of sp³-hybridized carbons (Fsp3) is 0.786. The summed E-state index contributed by atoms with van der Waals surface area (Å²) in [6.07, 6.45) is 1.83. The van der Waals surface area contributed by atoms with E-state index in [1.807, 2.05) is 0 Å². The Balaban J connectivity index is 2.09. The average molecular weight is 311 g/mol. The Bertz CT molecular complexity index is 448. The summed E-state index contributed by atoms with van der Waals surface area (Å²) >= 11 is 0. The van der Waals surface area contributed by atoms with Gasteiger partial charge in [0.05, 0.1) is 0 Å². The molecule has 2 fully saturated rings. The van der Waals surface area contributed by atoms with Crippen LogP contribution in [0.3, 0.4) is 0 Å². The van der Waals surface area contributed by atoms with Gasteiger partial charge in [0.2, 0.25) is 0 Å². The number of likely N-dealkylation sites (tertiary alicyclic amines) is 1. The van der Waals surface area contributed by atoms with Crippen molar-refractivity contribution in [3.05, 3.63) is 12.3 Å². The maximum atomic E-state index is 11.7. The predicted octanol–water partition coefficient (Wildman–Crippen LogP) is -0.938. The van der Waals surface area contributed by atoms with E-state index in [2.05, 4.69) is 11.5 Å². The van der Waals surface area contributed by atoms with Crippen LogP contribution < -0.4 is 11.5 Å². The van der Waals surface area contributed by atoms with Crippen molar-refractivity contribution in [1.29, 1.82) is 0 Å². The molecule has 1 heterocycles. The Kier molecular flexibility index (Phi) is 5.16. The lowest BCUT2D eigenvalue weighted by atomic mass is 9.76. The molecule has 8 heteroatoms. The first kappa shape index (κ1) is 17.3. The van der Waals surface area contributed by atoms with Gasteiger partial charge in [0.1, 0.15) is 5.54 Å². The van der Waals surface area contributed by atoms with Gasteiger partial charge >= 0.3 is 13.1 Å². The van der Waals surface area contributed by atoms with Crippen LogP contribution in [0.5, 0.6) is 0 Å². The second-order valence-corrected chi connectivity index (χ2v) is 6.67. The molecule has 0 radical (unpaired) electrons. The molecule has 0 bridgehead atoms. The van der Waals surface area contributed by atoms with E-state index in [0.29, 0.717) is 25.8 Å². The van der Waals surface area contributed by atoms with Crippen LogP contribution in [0.1, 0.15) is 19.3 Å². The minimum Gasteiger partial charge on any atom is -0.480 e. The molecule has 1 aliphatic carbocycles. The molecule has 1 saturated carbocycles. The number of carboxylic acids is 1. The molecule has 1 saturated heterocycles. The van der Waals surface area contributed by atoms with E-state index >= 15 is 0 Å². The number of rotatable bonds is 7. The number of carbonyl (C=O) groups is 1. The van der Waals surface area contributed by atoms with Gasteiger partial charge in [-0.2, -0.15) is 0 Å². The highest BCUT2D eigenvalue weighted by molar-refractivity contribution is 6.40. The summed E-state index contributed by atoms with van der Waals surface area (Å²) in [6.45, 7) is 5.84. The quantitative estimate of drug-likeness (QED) is 0.383. The molecule has 7 N–H and O–H groups in total. The van der Waals surface area contributed by atoms with E-state index in [1.165, 1.54) is 0 Å². The number of hydrogen-bond donors (Lipinski definition) is 5. The lowest BCUT2D eigenvalue weighted by molar-refractivity contribution is -0.145. The zero-order valence-corrected chi connectivity index (χ0v) is 12.8. The first-order valence-corrected chi connectivity index (χ1v) is 7.80. The van der Waals surface area contributed by atoms with E-state index in [0.717, 1.165) is 18.8 Å². The maximum Gasteiger partial charge on any atom is 0.451 e. The van der Waals surface area contributed by atoms with Crippen molar-refractivity contribution < 1.29 is 19.9 Å². The van der Waals surface area contributed by atoms with E-state index in [9.17, 15) is 9.90 Å². The van der Waals surface area contributed by atoms with Crippen LogP contribution in [0.4, 0.5) is 0 Å². The predicted molar refractivity (Wildman–Crippen MR) is 83.6 cm³/mol. The minimum absolute atomic E-state index is 0.163. The third-order valence-corrected chi connectivity index (χ3v) is 5.33. The Hall–Kier alpha value is -1.09. The van der Waals surface area contributed by atoms with Crippen LogP contribution in [0.15, 0.2) is 12.3 Å². The average Bonchev–Trinajstić information content (AvgIpc) is 2.95. The van der Waals surface area contributed by atoms with Gasteiger partial charge in [0, 0.05) is 25.3 Å². The largest absolute Gasteiger partial charge is 0.480 e. The monoisotopic (exact) mass is 311 g/mol. The molecule has 0 unspecified atom stereocenters. The van der Waals surface area contributed by atoms with Crippen molar-refractivity contribution in [3.8, 4) is 0 Å². The van der Waals surface area contributed by atoms with Crippen molar-refractivity contribution >= 4 is 13.1 Å². The van der Waals surface area contributed by atoms with Crippen molar-refractivity contribution in [3.63, 3.8) is 0 Å². The van der Waals surface area contributed by atoms with Gasteiger partial charge in [0.25, 0.3) is 0 Å². The number of aliphatic carboxylic acids is 1. The standard InChI is InChI=1S/C14H26BN3O4/c1-9(6-16)18-7-10-5-14(17,13(19)20)12(11(10)8-18)3-2-4-15(21)22/h10-12,21-22H,1-8,16-17H2,(H,19,20)/t10-,11+,12-,14-/m0/s1. The van der Waals surface area contributed by atoms with Crippen LogP contribution in [0.2, 0.25) is 6.32 Å². The third kappa shape index (κ3) is 3.15. The number of carboxylic acid groups (broad SMARTS) is 1. The Morgan fingerprint density at radius 1 is 1.41 bits per heavy atom. The summed E-state index contributed by atoms with van der Waals surface area (Å²) in [5, 5.41) is 27.5. The lowest BCUT2D eigenvalue weighted by Gasteiger charge is -2.32. The third-order valence-electron chi connectivity index (χ3n) is 5.33. The molecule has 0 aromatic heterocycles. The van der Waals surface area contributed by atoms with Crippen LogP contribution >= 0.6 is 0 Å². The fourth-order valence-corrected chi connectivity index (χ4v) is 4.16. The molecular formula is C14H26BN3O4. The topological polar surface area (TPSA) is 133 Å². The molecular weight excluding hydrogens is 285 g/mol. The molecule has 124 valence electrons. The summed E-state index contributed by atoms with van der Waals surface area (Å²) in [5.74, 6) is -0.696. The summed E-state index contributed by atoms with van der Waals surface area (Å²) in [4.78, 5) is 13.8. The normalized spacial score (nSPS) is 33.8. The van der Waals surface area contributed by atoms with Crippen LogP contribution in [0, 0.1) is 17.8 Å². The van der Waals surface area contributed by atoms with Crippen LogP contribution in [0.25, 0.3) is 0 Å². The van der Waals surface area contributed by atoms with Gasteiger partial charge in [-0.15, -0.1) is 0 Å². The van der Waals surface area contributed by atoms with Crippen molar-refractivity contribution in [2.24, 2.45) is 29.2 Å². The maximum absolute atomic E-state index is 11.7. The van der Waals surface area contributed by atoms with Gasteiger partial charge < -0.3 is 31.5 Å². The van der Waals surface area contributed by atoms with E-state index in [-0.39, 0.29) is 24.1 Å². The van der Waals surface area contributed by atoms with Crippen molar-refractivity contribution in [2.75, 3.05) is 19.6 Å². The molecule has 2 aliphatic rings. The van der Waals surface area contributed by atoms with E-state index < -0.39 is 18.6 Å². The minimum atomic E-state index is -1.36. The number of hydrogen-bond acceptors (Lipinski definition) is 6. The van der Waals surface area contributed by atoms with Crippen molar-refractivity contribution in [1.82, 2.24) is 4.90 Å². The fourth-order valence-electron chi connectivity index (χ4n) is 4.16. The molecule has 0 amide bonds. The van der Waals surface area contributed by atoms with Crippen molar-refractivity contribution in [2.45, 2.75) is 31.1 Å². The van der Waals surface area contributed by atoms with E-state index in [4.69, 9.17) is 21.5 Å².